The van der Waals surface area contributed by atoms with Crippen LogP contribution in [0.15, 0.2) is 30.3 Å². The van der Waals surface area contributed by atoms with E-state index in [2.05, 4.69) is 50.4 Å². The highest BCUT2D eigenvalue weighted by Crippen LogP contribution is 2.04. The smallest absolute Gasteiger partial charge is 0.0594 e. The topological polar surface area (TPSA) is 21.3 Å². The maximum Gasteiger partial charge on any atom is 0.0594 e. The van der Waals surface area contributed by atoms with Crippen molar-refractivity contribution in [1.29, 1.82) is 0 Å². The minimum absolute atomic E-state index is 0.346. The van der Waals surface area contributed by atoms with Crippen molar-refractivity contribution in [2.75, 3.05) is 13.2 Å². The fraction of sp³-hybridized carbons (Fsp3) is 0.571. The Labute approximate surface area is 99.0 Å². The first kappa shape index (κ1) is 13.2. The Morgan fingerprint density at radius 3 is 2.44 bits per heavy atom. The van der Waals surface area contributed by atoms with Gasteiger partial charge in [-0.15, -0.1) is 0 Å². The van der Waals surface area contributed by atoms with Gasteiger partial charge in [-0.2, -0.15) is 0 Å². The third-order valence-electron chi connectivity index (χ3n) is 2.77. The zero-order chi connectivity index (χ0) is 11.8. The number of benzene rings is 1. The van der Waals surface area contributed by atoms with Gasteiger partial charge < -0.3 is 10.1 Å². The highest BCUT2D eigenvalue weighted by atomic mass is 16.5. The molecule has 0 radical (unpaired) electrons. The number of ether oxygens (including phenoxy) is 1. The van der Waals surface area contributed by atoms with E-state index in [1.807, 2.05) is 6.07 Å². The van der Waals surface area contributed by atoms with Gasteiger partial charge in [0.05, 0.1) is 12.7 Å². The summed E-state index contributed by atoms with van der Waals surface area (Å²) in [5, 5.41) is 3.37. The van der Waals surface area contributed by atoms with Crippen molar-refractivity contribution in [2.45, 2.75) is 33.4 Å². The summed E-state index contributed by atoms with van der Waals surface area (Å²) in [5.41, 5.74) is 1.32. The zero-order valence-corrected chi connectivity index (χ0v) is 10.6. The van der Waals surface area contributed by atoms with E-state index in [1.54, 1.807) is 0 Å². The predicted octanol–water partition coefficient (Wildman–Crippen LogP) is 2.84. The normalized spacial score (nSPS) is 13.0. The summed E-state index contributed by atoms with van der Waals surface area (Å²) >= 11 is 0. The van der Waals surface area contributed by atoms with Crippen LogP contribution < -0.4 is 5.32 Å². The van der Waals surface area contributed by atoms with Crippen LogP contribution in [0.5, 0.6) is 0 Å². The van der Waals surface area contributed by atoms with E-state index in [1.165, 1.54) is 5.56 Å². The Morgan fingerprint density at radius 2 is 1.81 bits per heavy atom. The highest BCUT2D eigenvalue weighted by molar-refractivity contribution is 5.14. The molecule has 2 heteroatoms. The van der Waals surface area contributed by atoms with E-state index in [9.17, 15) is 0 Å². The summed E-state index contributed by atoms with van der Waals surface area (Å²) in [6.45, 7) is 9.10. The molecular formula is C14H23NO. The zero-order valence-electron chi connectivity index (χ0n) is 10.6. The first-order chi connectivity index (χ1) is 7.70. The van der Waals surface area contributed by atoms with Gasteiger partial charge in [0.15, 0.2) is 0 Å². The quantitative estimate of drug-likeness (QED) is 0.715. The molecule has 0 aliphatic carbocycles. The van der Waals surface area contributed by atoms with Crippen LogP contribution in [0, 0.1) is 5.92 Å². The Hall–Kier alpha value is -0.860. The first-order valence-electron chi connectivity index (χ1n) is 6.06. The first-order valence-corrected chi connectivity index (χ1v) is 6.06. The van der Waals surface area contributed by atoms with Gasteiger partial charge in [-0.3, -0.25) is 0 Å². The molecule has 0 aliphatic rings. The summed E-state index contributed by atoms with van der Waals surface area (Å²) in [7, 11) is 0. The summed E-state index contributed by atoms with van der Waals surface area (Å²) < 4.78 is 5.68. The summed E-state index contributed by atoms with van der Waals surface area (Å²) in [5.74, 6) is 0.592. The summed E-state index contributed by atoms with van der Waals surface area (Å²) in [6, 6.07) is 10.4. The molecular weight excluding hydrogens is 198 g/mol. The molecule has 16 heavy (non-hydrogen) atoms. The van der Waals surface area contributed by atoms with E-state index < -0.39 is 0 Å². The average Bonchev–Trinajstić information content (AvgIpc) is 2.29. The molecule has 0 saturated carbocycles. The average molecular weight is 221 g/mol. The lowest BCUT2D eigenvalue weighted by molar-refractivity contribution is 0.0373. The van der Waals surface area contributed by atoms with E-state index in [0.29, 0.717) is 12.0 Å². The molecule has 1 aromatic rings. The maximum absolute atomic E-state index is 5.68. The number of nitrogens with one attached hydrogen (secondary N) is 1. The molecule has 1 N–H and O–H groups in total. The second-order valence-electron chi connectivity index (χ2n) is 4.48. The van der Waals surface area contributed by atoms with Crippen molar-refractivity contribution in [1.82, 2.24) is 5.32 Å². The lowest BCUT2D eigenvalue weighted by Crippen LogP contribution is -2.24. The molecule has 1 rings (SSSR count). The van der Waals surface area contributed by atoms with E-state index in [-0.39, 0.29) is 0 Å². The van der Waals surface area contributed by atoms with Gasteiger partial charge in [-0.1, -0.05) is 44.2 Å². The van der Waals surface area contributed by atoms with Crippen LogP contribution in [-0.2, 0) is 11.3 Å². The second kappa shape index (κ2) is 7.42. The molecule has 90 valence electrons. The molecule has 0 aromatic heterocycles. The van der Waals surface area contributed by atoms with Crippen LogP contribution in [0.3, 0.4) is 0 Å². The van der Waals surface area contributed by atoms with Gasteiger partial charge in [0, 0.05) is 13.1 Å². The van der Waals surface area contributed by atoms with Crippen molar-refractivity contribution in [3.05, 3.63) is 35.9 Å². The van der Waals surface area contributed by atoms with Crippen LogP contribution in [-0.4, -0.2) is 19.3 Å². The van der Waals surface area contributed by atoms with E-state index in [4.69, 9.17) is 4.74 Å². The third-order valence-corrected chi connectivity index (χ3v) is 2.77. The fourth-order valence-electron chi connectivity index (χ4n) is 1.34. The van der Waals surface area contributed by atoms with Crippen LogP contribution in [0.4, 0.5) is 0 Å². The molecule has 0 aliphatic heterocycles. The molecule has 0 bridgehead atoms. The molecule has 0 amide bonds. The Balaban J connectivity index is 2.04. The van der Waals surface area contributed by atoms with Crippen molar-refractivity contribution in [3.63, 3.8) is 0 Å². The van der Waals surface area contributed by atoms with Crippen LogP contribution in [0.2, 0.25) is 0 Å². The Kier molecular flexibility index (Phi) is 6.12. The molecule has 0 saturated heterocycles. The molecule has 2 nitrogen and oxygen atoms in total. The minimum atomic E-state index is 0.346. The molecule has 1 atom stereocenters. The van der Waals surface area contributed by atoms with Crippen molar-refractivity contribution in [2.24, 2.45) is 5.92 Å². The predicted molar refractivity (Wildman–Crippen MR) is 68.4 cm³/mol. The Morgan fingerprint density at radius 1 is 1.12 bits per heavy atom. The number of rotatable bonds is 7. The molecule has 1 aromatic carbocycles. The van der Waals surface area contributed by atoms with Gasteiger partial charge in [0.1, 0.15) is 0 Å². The number of hydrogen-bond donors (Lipinski definition) is 1. The fourth-order valence-corrected chi connectivity index (χ4v) is 1.34. The van der Waals surface area contributed by atoms with Crippen LogP contribution >= 0.6 is 0 Å². The molecule has 1 unspecified atom stereocenters. The van der Waals surface area contributed by atoms with Gasteiger partial charge >= 0.3 is 0 Å². The SMILES string of the molecule is CC(C)C(C)OCCNCc1ccccc1. The van der Waals surface area contributed by atoms with Crippen LogP contribution in [0.25, 0.3) is 0 Å². The lowest BCUT2D eigenvalue weighted by Gasteiger charge is -2.16. The monoisotopic (exact) mass is 221 g/mol. The summed E-state index contributed by atoms with van der Waals surface area (Å²) in [4.78, 5) is 0. The molecule has 0 fully saturated rings. The standard InChI is InChI=1S/C14H23NO/c1-12(2)13(3)16-10-9-15-11-14-7-5-4-6-8-14/h4-8,12-13,15H,9-11H2,1-3H3. The van der Waals surface area contributed by atoms with Crippen molar-refractivity contribution < 1.29 is 4.74 Å². The van der Waals surface area contributed by atoms with E-state index >= 15 is 0 Å². The van der Waals surface area contributed by atoms with E-state index in [0.717, 1.165) is 19.7 Å². The lowest BCUT2D eigenvalue weighted by atomic mass is 10.1. The highest BCUT2D eigenvalue weighted by Gasteiger charge is 2.05. The van der Waals surface area contributed by atoms with Gasteiger partial charge in [-0.25, -0.2) is 0 Å². The molecule has 0 heterocycles. The van der Waals surface area contributed by atoms with Gasteiger partial charge in [-0.05, 0) is 18.4 Å². The van der Waals surface area contributed by atoms with Gasteiger partial charge in [0.2, 0.25) is 0 Å². The minimum Gasteiger partial charge on any atom is -0.377 e. The third kappa shape index (κ3) is 5.29. The van der Waals surface area contributed by atoms with Crippen molar-refractivity contribution >= 4 is 0 Å². The molecule has 0 spiro atoms. The number of hydrogen-bond acceptors (Lipinski definition) is 2. The van der Waals surface area contributed by atoms with Crippen LogP contribution in [0.1, 0.15) is 26.3 Å². The van der Waals surface area contributed by atoms with Crippen molar-refractivity contribution in [3.8, 4) is 0 Å². The second-order valence-corrected chi connectivity index (χ2v) is 4.48. The largest absolute Gasteiger partial charge is 0.377 e. The summed E-state index contributed by atoms with van der Waals surface area (Å²) in [6.07, 6.45) is 0.346. The van der Waals surface area contributed by atoms with Gasteiger partial charge in [0.25, 0.3) is 0 Å². The maximum atomic E-state index is 5.68. The Bertz CT molecular complexity index is 271.